The van der Waals surface area contributed by atoms with E-state index >= 15 is 0 Å². The third-order valence-corrected chi connectivity index (χ3v) is 3.63. The van der Waals surface area contributed by atoms with E-state index in [0.29, 0.717) is 11.1 Å². The predicted octanol–water partition coefficient (Wildman–Crippen LogP) is 3.79. The number of nitrogens with one attached hydrogen (secondary N) is 2. The first-order chi connectivity index (χ1) is 10.8. The van der Waals surface area contributed by atoms with Gasteiger partial charge in [0.15, 0.2) is 11.6 Å². The number of ketones is 1. The molecule has 2 heterocycles. The zero-order chi connectivity index (χ0) is 14.9. The molecule has 0 unspecified atom stereocenters. The van der Waals surface area contributed by atoms with Gasteiger partial charge in [-0.15, -0.1) is 0 Å². The van der Waals surface area contributed by atoms with Crippen molar-refractivity contribution in [3.63, 3.8) is 0 Å². The van der Waals surface area contributed by atoms with Crippen LogP contribution in [0.4, 0.5) is 0 Å². The Labute approximate surface area is 126 Å². The van der Waals surface area contributed by atoms with Crippen LogP contribution in [-0.2, 0) is 0 Å². The number of rotatable bonds is 3. The van der Waals surface area contributed by atoms with Crippen molar-refractivity contribution in [2.24, 2.45) is 0 Å². The Morgan fingerprint density at radius 3 is 2.55 bits per heavy atom. The number of carbonyl (C=O) groups is 1. The summed E-state index contributed by atoms with van der Waals surface area (Å²) in [4.78, 5) is 23.4. The minimum atomic E-state index is 0.00641. The van der Waals surface area contributed by atoms with Crippen LogP contribution in [0.3, 0.4) is 0 Å². The lowest BCUT2D eigenvalue weighted by Crippen LogP contribution is -2.00. The van der Waals surface area contributed by atoms with Gasteiger partial charge in [0.25, 0.3) is 0 Å². The second kappa shape index (κ2) is 5.00. The Morgan fingerprint density at radius 1 is 0.909 bits per heavy atom. The molecule has 4 rings (SSSR count). The largest absolute Gasteiger partial charge is 0.359 e. The first kappa shape index (κ1) is 12.6. The van der Waals surface area contributed by atoms with Crippen LogP contribution in [0.25, 0.3) is 22.6 Å². The molecule has 0 amide bonds. The molecule has 0 radical (unpaired) electrons. The first-order valence-electron chi connectivity index (χ1n) is 7.04. The minimum Gasteiger partial charge on any atom is -0.359 e. The van der Waals surface area contributed by atoms with Crippen LogP contribution in [-0.4, -0.2) is 20.7 Å². The van der Waals surface area contributed by atoms with Crippen molar-refractivity contribution < 1.29 is 4.79 Å². The number of aromatic nitrogens is 3. The highest BCUT2D eigenvalue weighted by Crippen LogP contribution is 2.21. The molecule has 2 aromatic carbocycles. The average Bonchev–Trinajstić information content (AvgIpc) is 3.23. The van der Waals surface area contributed by atoms with E-state index in [1.165, 1.54) is 0 Å². The topological polar surface area (TPSA) is 61.5 Å². The number of benzene rings is 2. The van der Waals surface area contributed by atoms with Gasteiger partial charge in [-0.1, -0.05) is 30.3 Å². The molecule has 22 heavy (non-hydrogen) atoms. The first-order valence-corrected chi connectivity index (χ1v) is 7.04. The molecule has 0 bridgehead atoms. The summed E-state index contributed by atoms with van der Waals surface area (Å²) in [6.45, 7) is 0. The number of hydrogen-bond acceptors (Lipinski definition) is 2. The van der Waals surface area contributed by atoms with Crippen molar-refractivity contribution in [1.29, 1.82) is 0 Å². The molecule has 0 aliphatic rings. The third kappa shape index (κ3) is 2.11. The molecule has 0 saturated carbocycles. The lowest BCUT2D eigenvalue weighted by atomic mass is 10.0. The maximum absolute atomic E-state index is 12.5. The summed E-state index contributed by atoms with van der Waals surface area (Å²) >= 11 is 0. The molecular weight excluding hydrogens is 274 g/mol. The summed E-state index contributed by atoms with van der Waals surface area (Å²) in [6.07, 6.45) is 1.85. The van der Waals surface area contributed by atoms with Gasteiger partial charge in [0.1, 0.15) is 0 Å². The van der Waals surface area contributed by atoms with Gasteiger partial charge in [-0.05, 0) is 30.3 Å². The van der Waals surface area contributed by atoms with Crippen LogP contribution in [0.5, 0.6) is 0 Å². The van der Waals surface area contributed by atoms with E-state index in [4.69, 9.17) is 0 Å². The highest BCUT2D eigenvalue weighted by atomic mass is 16.1. The molecule has 4 aromatic rings. The van der Waals surface area contributed by atoms with E-state index in [-0.39, 0.29) is 5.78 Å². The number of imidazole rings is 1. The molecule has 2 aromatic heterocycles. The maximum Gasteiger partial charge on any atom is 0.193 e. The smallest absolute Gasteiger partial charge is 0.193 e. The minimum absolute atomic E-state index is 0.00641. The van der Waals surface area contributed by atoms with E-state index in [2.05, 4.69) is 15.0 Å². The Kier molecular flexibility index (Phi) is 2.86. The van der Waals surface area contributed by atoms with Gasteiger partial charge in [-0.3, -0.25) is 4.79 Å². The Balaban J connectivity index is 1.76. The van der Waals surface area contributed by atoms with Crippen molar-refractivity contribution in [3.05, 3.63) is 78.0 Å². The molecule has 4 nitrogen and oxygen atoms in total. The van der Waals surface area contributed by atoms with Gasteiger partial charge in [0, 0.05) is 17.3 Å². The number of carbonyl (C=O) groups excluding carboxylic acids is 1. The van der Waals surface area contributed by atoms with E-state index < -0.39 is 0 Å². The highest BCUT2D eigenvalue weighted by molar-refractivity contribution is 6.10. The molecule has 106 valence electrons. The van der Waals surface area contributed by atoms with E-state index in [9.17, 15) is 4.79 Å². The van der Waals surface area contributed by atoms with Crippen LogP contribution in [0.2, 0.25) is 0 Å². The molecule has 0 atom stereocenters. The summed E-state index contributed by atoms with van der Waals surface area (Å²) in [6, 6.07) is 18.7. The molecule has 2 N–H and O–H groups in total. The summed E-state index contributed by atoms with van der Waals surface area (Å²) in [7, 11) is 0. The molecule has 0 aliphatic heterocycles. The van der Waals surface area contributed by atoms with Gasteiger partial charge < -0.3 is 9.97 Å². The highest BCUT2D eigenvalue weighted by Gasteiger charge is 2.11. The Bertz CT molecular complexity index is 937. The number of hydrogen-bond donors (Lipinski definition) is 2. The Morgan fingerprint density at radius 2 is 1.77 bits per heavy atom. The lowest BCUT2D eigenvalue weighted by Gasteiger charge is -2.00. The fraction of sp³-hybridized carbons (Fsp3) is 0. The summed E-state index contributed by atoms with van der Waals surface area (Å²) < 4.78 is 0. The zero-order valence-electron chi connectivity index (χ0n) is 11.7. The van der Waals surface area contributed by atoms with Crippen molar-refractivity contribution in [3.8, 4) is 11.5 Å². The normalized spacial score (nSPS) is 10.9. The van der Waals surface area contributed by atoms with Crippen LogP contribution in [0.15, 0.2) is 66.9 Å². The summed E-state index contributed by atoms with van der Waals surface area (Å²) in [5, 5.41) is 0. The number of aromatic amines is 2. The van der Waals surface area contributed by atoms with E-state index in [1.54, 1.807) is 0 Å². The number of fused-ring (bicyclic) bond motifs is 1. The Hall–Kier alpha value is -3.14. The van der Waals surface area contributed by atoms with Crippen molar-refractivity contribution >= 4 is 16.8 Å². The fourth-order valence-electron chi connectivity index (χ4n) is 2.51. The lowest BCUT2D eigenvalue weighted by molar-refractivity contribution is 0.103. The van der Waals surface area contributed by atoms with Gasteiger partial charge >= 0.3 is 0 Å². The van der Waals surface area contributed by atoms with Crippen LogP contribution >= 0.6 is 0 Å². The number of nitrogens with zero attached hydrogens (tertiary/aromatic N) is 1. The SMILES string of the molecule is O=C(c1ccccc1)c1ccc2[nH]c(-c3ccc[nH]3)nc2c1. The molecule has 0 saturated heterocycles. The molecular formula is C18H13N3O. The third-order valence-electron chi connectivity index (χ3n) is 3.63. The summed E-state index contributed by atoms with van der Waals surface area (Å²) in [5.41, 5.74) is 3.94. The molecule has 4 heteroatoms. The van der Waals surface area contributed by atoms with Gasteiger partial charge in [0.2, 0.25) is 0 Å². The molecule has 0 aliphatic carbocycles. The quantitative estimate of drug-likeness (QED) is 0.563. The van der Waals surface area contributed by atoms with Crippen LogP contribution in [0.1, 0.15) is 15.9 Å². The summed E-state index contributed by atoms with van der Waals surface area (Å²) in [5.74, 6) is 0.774. The second-order valence-corrected chi connectivity index (χ2v) is 5.10. The van der Waals surface area contributed by atoms with E-state index in [0.717, 1.165) is 22.6 Å². The van der Waals surface area contributed by atoms with Crippen molar-refractivity contribution in [1.82, 2.24) is 15.0 Å². The van der Waals surface area contributed by atoms with E-state index in [1.807, 2.05) is 66.9 Å². The van der Waals surface area contributed by atoms with Crippen LogP contribution < -0.4 is 0 Å². The molecule has 0 spiro atoms. The standard InChI is InChI=1S/C18H13N3O/c22-17(12-5-2-1-3-6-12)13-8-9-14-16(11-13)21-18(20-14)15-7-4-10-19-15/h1-11,19H,(H,20,21). The van der Waals surface area contributed by atoms with Crippen LogP contribution in [0, 0.1) is 0 Å². The van der Waals surface area contributed by atoms with Crippen molar-refractivity contribution in [2.75, 3.05) is 0 Å². The van der Waals surface area contributed by atoms with Gasteiger partial charge in [-0.2, -0.15) is 0 Å². The zero-order valence-corrected chi connectivity index (χ0v) is 11.7. The molecule has 0 fully saturated rings. The van der Waals surface area contributed by atoms with Crippen molar-refractivity contribution in [2.45, 2.75) is 0 Å². The predicted molar refractivity (Wildman–Crippen MR) is 85.8 cm³/mol. The maximum atomic E-state index is 12.5. The monoisotopic (exact) mass is 287 g/mol. The van der Waals surface area contributed by atoms with Gasteiger partial charge in [0.05, 0.1) is 16.7 Å². The van der Waals surface area contributed by atoms with Gasteiger partial charge in [-0.25, -0.2) is 4.98 Å². The second-order valence-electron chi connectivity index (χ2n) is 5.10. The number of H-pyrrole nitrogens is 2. The average molecular weight is 287 g/mol. The fourth-order valence-corrected chi connectivity index (χ4v) is 2.51.